The predicted octanol–water partition coefficient (Wildman–Crippen LogP) is 1.97. The zero-order chi connectivity index (χ0) is 7.28. The van der Waals surface area contributed by atoms with Crippen molar-refractivity contribution < 1.29 is 9.90 Å². The molecule has 0 aromatic heterocycles. The highest BCUT2D eigenvalue weighted by molar-refractivity contribution is 14.1. The van der Waals surface area contributed by atoms with E-state index in [0.29, 0.717) is 0 Å². The summed E-state index contributed by atoms with van der Waals surface area (Å²) < 4.78 is 1.82. The lowest BCUT2D eigenvalue weighted by molar-refractivity contribution is -0.131. The average Bonchev–Trinajstić information content (AvgIpc) is 1.83. The summed E-state index contributed by atoms with van der Waals surface area (Å²) in [7, 11) is 0. The monoisotopic (exact) mass is 238 g/mol. The summed E-state index contributed by atoms with van der Waals surface area (Å²) in [5.74, 6) is -0.910. The molecule has 0 unspecified atom stereocenters. The van der Waals surface area contributed by atoms with Crippen molar-refractivity contribution in [1.82, 2.24) is 0 Å². The SMILES string of the molecule is CC(/C=C/C(=O)O)=C\I. The van der Waals surface area contributed by atoms with Gasteiger partial charge in [-0.15, -0.1) is 0 Å². The fourth-order valence-corrected chi connectivity index (χ4v) is 0.447. The van der Waals surface area contributed by atoms with E-state index in [-0.39, 0.29) is 0 Å². The van der Waals surface area contributed by atoms with Gasteiger partial charge in [-0.25, -0.2) is 4.79 Å². The summed E-state index contributed by atoms with van der Waals surface area (Å²) in [5, 5.41) is 8.14. The van der Waals surface area contributed by atoms with E-state index in [0.717, 1.165) is 11.6 Å². The summed E-state index contributed by atoms with van der Waals surface area (Å²) in [5.41, 5.74) is 0.943. The van der Waals surface area contributed by atoms with E-state index in [1.54, 1.807) is 6.08 Å². The second-order valence-electron chi connectivity index (χ2n) is 1.52. The Labute approximate surface area is 67.4 Å². The zero-order valence-electron chi connectivity index (χ0n) is 4.97. The molecule has 0 aromatic rings. The number of rotatable bonds is 2. The Balaban J connectivity index is 3.86. The molecule has 3 heteroatoms. The van der Waals surface area contributed by atoms with Crippen LogP contribution in [0.25, 0.3) is 0 Å². The van der Waals surface area contributed by atoms with Crippen LogP contribution in [0.15, 0.2) is 21.8 Å². The van der Waals surface area contributed by atoms with Crippen molar-refractivity contribution in [2.45, 2.75) is 6.92 Å². The molecule has 0 saturated carbocycles. The van der Waals surface area contributed by atoms with Crippen LogP contribution in [0.4, 0.5) is 0 Å². The molecule has 50 valence electrons. The van der Waals surface area contributed by atoms with Crippen LogP contribution in [0.3, 0.4) is 0 Å². The largest absolute Gasteiger partial charge is 0.478 e. The molecular formula is C6H7IO2. The highest BCUT2D eigenvalue weighted by atomic mass is 127. The quantitative estimate of drug-likeness (QED) is 0.453. The molecule has 0 aromatic carbocycles. The Morgan fingerprint density at radius 2 is 2.11 bits per heavy atom. The molecule has 0 fully saturated rings. The normalized spacial score (nSPS) is 12.4. The van der Waals surface area contributed by atoms with E-state index >= 15 is 0 Å². The summed E-state index contributed by atoms with van der Waals surface area (Å²) >= 11 is 2.05. The lowest BCUT2D eigenvalue weighted by Crippen LogP contribution is -1.85. The number of carbonyl (C=O) groups is 1. The van der Waals surface area contributed by atoms with Crippen molar-refractivity contribution in [2.24, 2.45) is 0 Å². The van der Waals surface area contributed by atoms with Gasteiger partial charge in [-0.3, -0.25) is 0 Å². The Morgan fingerprint density at radius 1 is 1.56 bits per heavy atom. The van der Waals surface area contributed by atoms with Crippen LogP contribution in [0.2, 0.25) is 0 Å². The Morgan fingerprint density at radius 3 is 2.44 bits per heavy atom. The molecule has 0 heterocycles. The highest BCUT2D eigenvalue weighted by Gasteiger charge is 1.83. The van der Waals surface area contributed by atoms with E-state index in [4.69, 9.17) is 5.11 Å². The van der Waals surface area contributed by atoms with Gasteiger partial charge < -0.3 is 5.11 Å². The fourth-order valence-electron chi connectivity index (χ4n) is 0.239. The number of halogens is 1. The van der Waals surface area contributed by atoms with Gasteiger partial charge in [0.2, 0.25) is 0 Å². The molecular weight excluding hydrogens is 231 g/mol. The lowest BCUT2D eigenvalue weighted by atomic mass is 10.3. The second kappa shape index (κ2) is 4.55. The predicted molar refractivity (Wildman–Crippen MR) is 44.6 cm³/mol. The van der Waals surface area contributed by atoms with Crippen molar-refractivity contribution in [3.63, 3.8) is 0 Å². The molecule has 9 heavy (non-hydrogen) atoms. The number of allylic oxidation sites excluding steroid dienone is 2. The summed E-state index contributed by atoms with van der Waals surface area (Å²) in [6, 6.07) is 0. The smallest absolute Gasteiger partial charge is 0.328 e. The molecule has 0 rings (SSSR count). The van der Waals surface area contributed by atoms with E-state index in [1.165, 1.54) is 0 Å². The van der Waals surface area contributed by atoms with Gasteiger partial charge >= 0.3 is 5.97 Å². The molecule has 0 aliphatic rings. The van der Waals surface area contributed by atoms with Gasteiger partial charge in [0.1, 0.15) is 0 Å². The first-order valence-corrected chi connectivity index (χ1v) is 3.59. The maximum atomic E-state index is 9.90. The molecule has 2 nitrogen and oxygen atoms in total. The molecule has 1 N–H and O–H groups in total. The topological polar surface area (TPSA) is 37.3 Å². The standard InChI is InChI=1S/C6H7IO2/c1-5(4-7)2-3-6(8)9/h2-4H,1H3,(H,8,9)/b3-2+,5-4+. The molecule has 0 amide bonds. The maximum absolute atomic E-state index is 9.90. The highest BCUT2D eigenvalue weighted by Crippen LogP contribution is 1.98. The van der Waals surface area contributed by atoms with E-state index < -0.39 is 5.97 Å². The van der Waals surface area contributed by atoms with Gasteiger partial charge in [0, 0.05) is 6.08 Å². The third-order valence-corrected chi connectivity index (χ3v) is 1.64. The number of carboxylic acid groups (broad SMARTS) is 1. The minimum absolute atomic E-state index is 0.910. The second-order valence-corrected chi connectivity index (χ2v) is 2.15. The minimum atomic E-state index is -0.910. The zero-order valence-corrected chi connectivity index (χ0v) is 7.12. The van der Waals surface area contributed by atoms with E-state index in [2.05, 4.69) is 22.6 Å². The molecule has 0 aliphatic carbocycles. The van der Waals surface area contributed by atoms with E-state index in [9.17, 15) is 4.79 Å². The van der Waals surface area contributed by atoms with Crippen molar-refractivity contribution in [2.75, 3.05) is 0 Å². The van der Waals surface area contributed by atoms with Crippen LogP contribution >= 0.6 is 22.6 Å². The molecule has 0 aliphatic heterocycles. The lowest BCUT2D eigenvalue weighted by Gasteiger charge is -1.82. The molecule has 0 saturated heterocycles. The third-order valence-electron chi connectivity index (χ3n) is 0.661. The summed E-state index contributed by atoms with van der Waals surface area (Å²) in [6.07, 6.45) is 2.67. The molecule has 0 radical (unpaired) electrons. The minimum Gasteiger partial charge on any atom is -0.478 e. The van der Waals surface area contributed by atoms with Gasteiger partial charge in [-0.2, -0.15) is 0 Å². The Kier molecular flexibility index (Phi) is 4.39. The average molecular weight is 238 g/mol. The summed E-state index contributed by atoms with van der Waals surface area (Å²) in [4.78, 5) is 9.90. The molecule has 0 bridgehead atoms. The van der Waals surface area contributed by atoms with Crippen molar-refractivity contribution >= 4 is 28.6 Å². The van der Waals surface area contributed by atoms with Gasteiger partial charge in [0.15, 0.2) is 0 Å². The van der Waals surface area contributed by atoms with Crippen LogP contribution in [0.1, 0.15) is 6.92 Å². The summed E-state index contributed by atoms with van der Waals surface area (Å²) in [6.45, 7) is 1.84. The van der Waals surface area contributed by atoms with Crippen LogP contribution in [-0.4, -0.2) is 11.1 Å². The maximum Gasteiger partial charge on any atom is 0.328 e. The number of hydrogen-bond donors (Lipinski definition) is 1. The number of aliphatic carboxylic acids is 1. The third kappa shape index (κ3) is 5.55. The Bertz CT molecular complexity index is 158. The van der Waals surface area contributed by atoms with Gasteiger partial charge in [-0.1, -0.05) is 28.7 Å². The first-order chi connectivity index (χ1) is 4.16. The van der Waals surface area contributed by atoms with Crippen LogP contribution in [-0.2, 0) is 4.79 Å². The van der Waals surface area contributed by atoms with Gasteiger partial charge in [0.25, 0.3) is 0 Å². The van der Waals surface area contributed by atoms with Gasteiger partial charge in [-0.05, 0) is 16.6 Å². The number of carboxylic acids is 1. The first-order valence-electron chi connectivity index (χ1n) is 2.35. The molecule has 0 spiro atoms. The van der Waals surface area contributed by atoms with Crippen molar-refractivity contribution in [1.29, 1.82) is 0 Å². The van der Waals surface area contributed by atoms with Gasteiger partial charge in [0.05, 0.1) is 0 Å². The van der Waals surface area contributed by atoms with Crippen LogP contribution in [0, 0.1) is 0 Å². The van der Waals surface area contributed by atoms with E-state index in [1.807, 2.05) is 11.0 Å². The fraction of sp³-hybridized carbons (Fsp3) is 0.167. The van der Waals surface area contributed by atoms with Crippen LogP contribution in [0.5, 0.6) is 0 Å². The van der Waals surface area contributed by atoms with Crippen molar-refractivity contribution in [3.8, 4) is 0 Å². The first kappa shape index (κ1) is 8.68. The van der Waals surface area contributed by atoms with Crippen molar-refractivity contribution in [3.05, 3.63) is 21.8 Å². The Hall–Kier alpha value is -0.320. The molecule has 0 atom stereocenters. The number of hydrogen-bond acceptors (Lipinski definition) is 1. The van der Waals surface area contributed by atoms with Crippen LogP contribution < -0.4 is 0 Å².